The molecule has 5 nitrogen and oxygen atoms in total. The van der Waals surface area contributed by atoms with Crippen molar-refractivity contribution in [3.05, 3.63) is 58.4 Å². The van der Waals surface area contributed by atoms with E-state index in [2.05, 4.69) is 15.4 Å². The van der Waals surface area contributed by atoms with E-state index in [9.17, 15) is 18.4 Å². The summed E-state index contributed by atoms with van der Waals surface area (Å²) in [6.45, 7) is 3.83. The van der Waals surface area contributed by atoms with Gasteiger partial charge in [-0.1, -0.05) is 19.1 Å². The van der Waals surface area contributed by atoms with Crippen LogP contribution in [0.25, 0.3) is 0 Å². The minimum Gasteiger partial charge on any atom is -0.412 e. The summed E-state index contributed by atoms with van der Waals surface area (Å²) in [4.78, 5) is 4.33. The molecule has 2 heterocycles. The van der Waals surface area contributed by atoms with Crippen LogP contribution in [0.4, 0.5) is 24.0 Å². The molecule has 3 aromatic rings. The summed E-state index contributed by atoms with van der Waals surface area (Å²) in [5.41, 5.74) is 2.35. The monoisotopic (exact) mass is 368 g/mol. The van der Waals surface area contributed by atoms with Gasteiger partial charge in [0, 0.05) is 17.0 Å². The van der Waals surface area contributed by atoms with Crippen molar-refractivity contribution in [1.29, 1.82) is 0 Å². The van der Waals surface area contributed by atoms with Crippen LogP contribution in [0, 0.1) is 6.92 Å². The number of hydrogen-bond acceptors (Lipinski definition) is 5. The largest absolute Gasteiger partial charge is 0.434 e. The Bertz CT molecular complexity index is 870. The predicted molar refractivity (Wildman–Crippen MR) is 88.5 cm³/mol. The van der Waals surface area contributed by atoms with Crippen molar-refractivity contribution in [2.75, 3.05) is 5.32 Å². The third kappa shape index (κ3) is 3.76. The molecule has 0 aliphatic rings. The van der Waals surface area contributed by atoms with Gasteiger partial charge in [0.1, 0.15) is 0 Å². The van der Waals surface area contributed by atoms with Crippen LogP contribution >= 0.6 is 11.3 Å². The van der Waals surface area contributed by atoms with Crippen LogP contribution in [0.15, 0.2) is 35.8 Å². The molecule has 2 N–H and O–H groups in total. The maximum absolute atomic E-state index is 12.6. The van der Waals surface area contributed by atoms with Crippen LogP contribution in [0.5, 0.6) is 0 Å². The summed E-state index contributed by atoms with van der Waals surface area (Å²) in [6.07, 6.45) is -2.91. The van der Waals surface area contributed by atoms with Gasteiger partial charge in [-0.05, 0) is 30.2 Å². The van der Waals surface area contributed by atoms with E-state index in [1.807, 2.05) is 26.0 Å². The van der Waals surface area contributed by atoms with Gasteiger partial charge in [0.05, 0.1) is 11.9 Å². The zero-order valence-electron chi connectivity index (χ0n) is 13.4. The first kappa shape index (κ1) is 17.3. The van der Waals surface area contributed by atoms with Gasteiger partial charge in [-0.3, -0.25) is 0 Å². The van der Waals surface area contributed by atoms with Crippen molar-refractivity contribution in [3.63, 3.8) is 0 Å². The Morgan fingerprint density at radius 1 is 1.24 bits per heavy atom. The summed E-state index contributed by atoms with van der Waals surface area (Å²) < 4.78 is 37.7. The first-order valence-corrected chi connectivity index (χ1v) is 8.27. The van der Waals surface area contributed by atoms with Crippen molar-refractivity contribution in [2.45, 2.75) is 25.9 Å². The molecule has 0 aliphatic carbocycles. The van der Waals surface area contributed by atoms with Crippen molar-refractivity contribution in [2.24, 2.45) is 0 Å². The lowest BCUT2D eigenvalue weighted by Crippen LogP contribution is -2.05. The lowest BCUT2D eigenvalue weighted by molar-refractivity contribution is -0.140. The average molecular weight is 368 g/mol. The SMILES string of the molecule is Cc1cn(O)nc1[C@H](C)c1ccc(Nc2nc(C(F)(F)F)cs2)cc1. The second-order valence-electron chi connectivity index (χ2n) is 5.62. The molecule has 132 valence electrons. The number of aryl methyl sites for hydroxylation is 1. The Balaban J connectivity index is 1.74. The lowest BCUT2D eigenvalue weighted by Gasteiger charge is -2.11. The lowest BCUT2D eigenvalue weighted by atomic mass is 9.95. The Morgan fingerprint density at radius 3 is 2.44 bits per heavy atom. The highest BCUT2D eigenvalue weighted by Crippen LogP contribution is 2.33. The minimum atomic E-state index is -4.44. The molecular weight excluding hydrogens is 353 g/mol. The predicted octanol–water partition coefficient (Wildman–Crippen LogP) is 4.80. The number of nitrogens with one attached hydrogen (secondary N) is 1. The smallest absolute Gasteiger partial charge is 0.412 e. The third-order valence-corrected chi connectivity index (χ3v) is 4.55. The van der Waals surface area contributed by atoms with Crippen LogP contribution in [0.2, 0.25) is 0 Å². The van der Waals surface area contributed by atoms with E-state index in [4.69, 9.17) is 0 Å². The normalized spacial score (nSPS) is 13.0. The third-order valence-electron chi connectivity index (χ3n) is 3.79. The molecule has 0 aliphatic heterocycles. The van der Waals surface area contributed by atoms with Gasteiger partial charge in [-0.2, -0.15) is 13.2 Å². The second kappa shape index (κ2) is 6.40. The molecular formula is C16H15F3N4OS. The number of rotatable bonds is 4. The standard InChI is InChI=1S/C16H15F3N4OS/c1-9-7-23(24)22-14(9)10(2)11-3-5-12(6-4-11)20-15-21-13(8-25-15)16(17,18)19/h3-8,10,24H,1-2H3,(H,20,21)/t10-/m1/s1. The average Bonchev–Trinajstić information content (AvgIpc) is 3.13. The molecule has 0 unspecified atom stereocenters. The molecule has 0 spiro atoms. The molecule has 1 aromatic carbocycles. The molecule has 25 heavy (non-hydrogen) atoms. The summed E-state index contributed by atoms with van der Waals surface area (Å²) in [6, 6.07) is 7.26. The Hall–Kier alpha value is -2.55. The fourth-order valence-corrected chi connectivity index (χ4v) is 3.22. The van der Waals surface area contributed by atoms with Crippen molar-refractivity contribution in [1.82, 2.24) is 14.9 Å². The maximum atomic E-state index is 12.6. The number of alkyl halides is 3. The van der Waals surface area contributed by atoms with Gasteiger partial charge in [-0.25, -0.2) is 4.98 Å². The number of thiazole rings is 1. The van der Waals surface area contributed by atoms with E-state index in [-0.39, 0.29) is 11.0 Å². The van der Waals surface area contributed by atoms with E-state index < -0.39 is 11.9 Å². The molecule has 3 rings (SSSR count). The van der Waals surface area contributed by atoms with Gasteiger partial charge >= 0.3 is 6.18 Å². The number of anilines is 2. The summed E-state index contributed by atoms with van der Waals surface area (Å²) in [5, 5.41) is 17.5. The van der Waals surface area contributed by atoms with Crippen molar-refractivity contribution < 1.29 is 18.4 Å². The minimum absolute atomic E-state index is 0.0286. The van der Waals surface area contributed by atoms with E-state index in [1.165, 1.54) is 6.20 Å². The maximum Gasteiger partial charge on any atom is 0.434 e. The highest BCUT2D eigenvalue weighted by molar-refractivity contribution is 7.13. The summed E-state index contributed by atoms with van der Waals surface area (Å²) in [7, 11) is 0. The molecule has 2 aromatic heterocycles. The Morgan fingerprint density at radius 2 is 1.92 bits per heavy atom. The second-order valence-corrected chi connectivity index (χ2v) is 6.48. The van der Waals surface area contributed by atoms with Gasteiger partial charge in [0.15, 0.2) is 10.8 Å². The molecule has 0 radical (unpaired) electrons. The highest BCUT2D eigenvalue weighted by atomic mass is 32.1. The molecule has 9 heteroatoms. The fourth-order valence-electron chi connectivity index (χ4n) is 2.48. The molecule has 1 atom stereocenters. The first-order valence-electron chi connectivity index (χ1n) is 7.39. The van der Waals surface area contributed by atoms with Crippen molar-refractivity contribution >= 4 is 22.2 Å². The zero-order valence-corrected chi connectivity index (χ0v) is 14.2. The first-order chi connectivity index (χ1) is 11.7. The van der Waals surface area contributed by atoms with Crippen LogP contribution < -0.4 is 5.32 Å². The Kier molecular flexibility index (Phi) is 4.42. The quantitative estimate of drug-likeness (QED) is 0.650. The molecule has 0 amide bonds. The highest BCUT2D eigenvalue weighted by Gasteiger charge is 2.33. The number of benzene rings is 1. The number of hydrogen-bond donors (Lipinski definition) is 2. The van der Waals surface area contributed by atoms with Crippen LogP contribution in [-0.4, -0.2) is 20.1 Å². The molecule has 0 saturated carbocycles. The molecule has 0 saturated heterocycles. The molecule has 0 bridgehead atoms. The fraction of sp³-hybridized carbons (Fsp3) is 0.250. The van der Waals surface area contributed by atoms with Crippen LogP contribution in [0.1, 0.15) is 35.4 Å². The molecule has 0 fully saturated rings. The van der Waals surface area contributed by atoms with E-state index in [1.54, 1.807) is 12.1 Å². The van der Waals surface area contributed by atoms with Gasteiger partial charge in [0.2, 0.25) is 0 Å². The topological polar surface area (TPSA) is 63.0 Å². The summed E-state index contributed by atoms with van der Waals surface area (Å²) in [5.74, 6) is -0.0286. The number of nitrogens with zero attached hydrogens (tertiary/aromatic N) is 3. The van der Waals surface area contributed by atoms with E-state index in [0.29, 0.717) is 5.69 Å². The number of aromatic nitrogens is 3. The van der Waals surface area contributed by atoms with E-state index >= 15 is 0 Å². The van der Waals surface area contributed by atoms with Crippen molar-refractivity contribution in [3.8, 4) is 0 Å². The Labute approximate surface area is 145 Å². The summed E-state index contributed by atoms with van der Waals surface area (Å²) >= 11 is 0.901. The van der Waals surface area contributed by atoms with Gasteiger partial charge in [-0.15, -0.1) is 21.3 Å². The zero-order chi connectivity index (χ0) is 18.2. The van der Waals surface area contributed by atoms with Crippen LogP contribution in [0.3, 0.4) is 0 Å². The number of halogens is 3. The van der Waals surface area contributed by atoms with E-state index in [0.717, 1.165) is 38.4 Å². The van der Waals surface area contributed by atoms with Gasteiger partial charge < -0.3 is 10.5 Å². The van der Waals surface area contributed by atoms with Gasteiger partial charge in [0.25, 0.3) is 0 Å². The van der Waals surface area contributed by atoms with Crippen LogP contribution in [-0.2, 0) is 6.18 Å².